The molecule has 0 bridgehead atoms. The fourth-order valence-corrected chi connectivity index (χ4v) is 1.37. The van der Waals surface area contributed by atoms with Gasteiger partial charge in [-0.25, -0.2) is 14.4 Å². The summed E-state index contributed by atoms with van der Waals surface area (Å²) in [6.07, 6.45) is 1.41. The van der Waals surface area contributed by atoms with Gasteiger partial charge < -0.3 is 5.32 Å². The molecule has 0 aliphatic carbocycles. The zero-order chi connectivity index (χ0) is 12.3. The molecule has 1 amide bonds. The largest absolute Gasteiger partial charge is 0.306 e. The maximum atomic E-state index is 12.9. The lowest BCUT2D eigenvalue weighted by molar-refractivity contribution is 0.102. The van der Waals surface area contributed by atoms with Crippen LogP contribution in [0, 0.1) is 5.82 Å². The first-order valence-electron chi connectivity index (χ1n) is 4.70. The number of rotatable bonds is 2. The Bertz CT molecular complexity index is 562. The molecule has 1 aromatic heterocycles. The second-order valence-electron chi connectivity index (χ2n) is 3.18. The van der Waals surface area contributed by atoms with Crippen molar-refractivity contribution in [2.75, 3.05) is 5.32 Å². The molecule has 4 nitrogen and oxygen atoms in total. The first-order chi connectivity index (χ1) is 8.15. The van der Waals surface area contributed by atoms with Crippen molar-refractivity contribution < 1.29 is 9.18 Å². The molecule has 2 aromatic rings. The van der Waals surface area contributed by atoms with E-state index in [4.69, 9.17) is 11.6 Å². The number of amides is 1. The Hall–Kier alpha value is -2.01. The van der Waals surface area contributed by atoms with E-state index >= 15 is 0 Å². The Morgan fingerprint density at radius 2 is 2.18 bits per heavy atom. The number of carbonyl (C=O) groups excluding carboxylic acids is 1. The number of aromatic nitrogens is 2. The van der Waals surface area contributed by atoms with Gasteiger partial charge in [-0.2, -0.15) is 0 Å². The Morgan fingerprint density at radius 1 is 1.35 bits per heavy atom. The van der Waals surface area contributed by atoms with Crippen molar-refractivity contribution in [3.63, 3.8) is 0 Å². The molecule has 6 heteroatoms. The number of halogens is 2. The highest BCUT2D eigenvalue weighted by atomic mass is 35.5. The molecule has 0 atom stereocenters. The van der Waals surface area contributed by atoms with Crippen molar-refractivity contribution in [1.29, 1.82) is 0 Å². The second kappa shape index (κ2) is 4.88. The smallest absolute Gasteiger partial charge is 0.256 e. The summed E-state index contributed by atoms with van der Waals surface area (Å²) >= 11 is 5.57. The third-order valence-corrected chi connectivity index (χ3v) is 2.14. The maximum absolute atomic E-state index is 12.9. The summed E-state index contributed by atoms with van der Waals surface area (Å²) in [6.45, 7) is 0. The Labute approximate surface area is 101 Å². The minimum Gasteiger partial charge on any atom is -0.306 e. The number of hydrogen-bond acceptors (Lipinski definition) is 3. The molecular formula is C11H7ClFN3O. The van der Waals surface area contributed by atoms with Gasteiger partial charge in [-0.3, -0.25) is 4.79 Å². The van der Waals surface area contributed by atoms with Gasteiger partial charge >= 0.3 is 0 Å². The van der Waals surface area contributed by atoms with Gasteiger partial charge in [-0.15, -0.1) is 0 Å². The van der Waals surface area contributed by atoms with Crippen LogP contribution in [0.5, 0.6) is 0 Å². The Kier molecular flexibility index (Phi) is 3.30. The zero-order valence-electron chi connectivity index (χ0n) is 8.52. The van der Waals surface area contributed by atoms with Crippen molar-refractivity contribution in [2.45, 2.75) is 0 Å². The fourth-order valence-electron chi connectivity index (χ4n) is 1.22. The van der Waals surface area contributed by atoms with E-state index in [0.717, 1.165) is 6.07 Å². The topological polar surface area (TPSA) is 54.9 Å². The number of hydrogen-bond donors (Lipinski definition) is 1. The molecule has 0 aliphatic heterocycles. The van der Waals surface area contributed by atoms with E-state index in [1.807, 2.05) is 0 Å². The van der Waals surface area contributed by atoms with E-state index < -0.39 is 11.7 Å². The van der Waals surface area contributed by atoms with E-state index in [0.29, 0.717) is 0 Å². The predicted octanol–water partition coefficient (Wildman–Crippen LogP) is 2.52. The fraction of sp³-hybridized carbons (Fsp3) is 0. The summed E-state index contributed by atoms with van der Waals surface area (Å²) in [5.41, 5.74) is 0.208. The number of nitrogens with one attached hydrogen (secondary N) is 1. The monoisotopic (exact) mass is 251 g/mol. The van der Waals surface area contributed by atoms with Gasteiger partial charge in [0, 0.05) is 11.8 Å². The normalized spacial score (nSPS) is 10.0. The van der Waals surface area contributed by atoms with Crippen LogP contribution in [0.2, 0.25) is 5.28 Å². The van der Waals surface area contributed by atoms with Gasteiger partial charge in [0.1, 0.15) is 11.6 Å². The molecule has 0 unspecified atom stereocenters. The second-order valence-corrected chi connectivity index (χ2v) is 3.51. The molecule has 0 aliphatic rings. The Balaban J connectivity index is 2.17. The van der Waals surface area contributed by atoms with Crippen molar-refractivity contribution in [3.8, 4) is 0 Å². The molecule has 17 heavy (non-hydrogen) atoms. The summed E-state index contributed by atoms with van der Waals surface area (Å²) in [5.74, 6) is -0.670. The molecule has 0 spiro atoms. The standard InChI is InChI=1S/C11H7ClFN3O/c12-11-14-5-4-9(16-11)15-10(17)7-2-1-3-8(13)6-7/h1-6H,(H,14,15,16,17). The molecule has 2 rings (SSSR count). The molecule has 0 saturated heterocycles. The molecule has 0 radical (unpaired) electrons. The highest BCUT2D eigenvalue weighted by Gasteiger charge is 2.07. The average Bonchev–Trinajstić information content (AvgIpc) is 2.29. The molecule has 0 saturated carbocycles. The molecular weight excluding hydrogens is 245 g/mol. The lowest BCUT2D eigenvalue weighted by atomic mass is 10.2. The van der Waals surface area contributed by atoms with Gasteiger partial charge in [0.05, 0.1) is 0 Å². The lowest BCUT2D eigenvalue weighted by Crippen LogP contribution is -2.13. The predicted molar refractivity (Wildman–Crippen MR) is 61.4 cm³/mol. The van der Waals surface area contributed by atoms with Crippen molar-refractivity contribution in [1.82, 2.24) is 9.97 Å². The molecule has 86 valence electrons. The quantitative estimate of drug-likeness (QED) is 0.835. The number of nitrogens with zero attached hydrogens (tertiary/aromatic N) is 2. The third kappa shape index (κ3) is 2.98. The Morgan fingerprint density at radius 3 is 2.88 bits per heavy atom. The van der Waals surface area contributed by atoms with Gasteiger partial charge in [-0.05, 0) is 35.9 Å². The van der Waals surface area contributed by atoms with Gasteiger partial charge in [0.2, 0.25) is 5.28 Å². The van der Waals surface area contributed by atoms with E-state index in [1.165, 1.54) is 30.5 Å². The first kappa shape index (κ1) is 11.5. The molecule has 0 fully saturated rings. The van der Waals surface area contributed by atoms with Crippen molar-refractivity contribution in [3.05, 3.63) is 53.2 Å². The van der Waals surface area contributed by atoms with Crippen LogP contribution in [-0.2, 0) is 0 Å². The van der Waals surface area contributed by atoms with E-state index in [1.54, 1.807) is 0 Å². The molecule has 1 heterocycles. The summed E-state index contributed by atoms with van der Waals surface area (Å²) in [6, 6.07) is 6.85. The summed E-state index contributed by atoms with van der Waals surface area (Å²) in [4.78, 5) is 19.2. The van der Waals surface area contributed by atoms with Gasteiger partial charge in [0.15, 0.2) is 0 Å². The van der Waals surface area contributed by atoms with Crippen molar-refractivity contribution in [2.24, 2.45) is 0 Å². The molecule has 1 aromatic carbocycles. The zero-order valence-corrected chi connectivity index (χ0v) is 9.28. The summed E-state index contributed by atoms with van der Waals surface area (Å²) < 4.78 is 12.9. The minimum atomic E-state index is -0.474. The average molecular weight is 252 g/mol. The van der Waals surface area contributed by atoms with E-state index in [-0.39, 0.29) is 16.7 Å². The van der Waals surface area contributed by atoms with Crippen LogP contribution in [0.4, 0.5) is 10.2 Å². The summed E-state index contributed by atoms with van der Waals surface area (Å²) in [7, 11) is 0. The van der Waals surface area contributed by atoms with Crippen molar-refractivity contribution >= 4 is 23.3 Å². The highest BCUT2D eigenvalue weighted by molar-refractivity contribution is 6.28. The number of carbonyl (C=O) groups is 1. The number of anilines is 1. The van der Waals surface area contributed by atoms with Crippen LogP contribution >= 0.6 is 11.6 Å². The first-order valence-corrected chi connectivity index (χ1v) is 5.08. The highest BCUT2D eigenvalue weighted by Crippen LogP contribution is 2.09. The third-order valence-electron chi connectivity index (χ3n) is 1.95. The summed E-state index contributed by atoms with van der Waals surface area (Å²) in [5, 5.41) is 2.51. The lowest BCUT2D eigenvalue weighted by Gasteiger charge is -2.04. The van der Waals surface area contributed by atoms with Gasteiger partial charge in [0.25, 0.3) is 5.91 Å². The maximum Gasteiger partial charge on any atom is 0.256 e. The van der Waals surface area contributed by atoms with Gasteiger partial charge in [-0.1, -0.05) is 6.07 Å². The SMILES string of the molecule is O=C(Nc1ccnc(Cl)n1)c1cccc(F)c1. The number of benzene rings is 1. The minimum absolute atomic E-state index is 0.0297. The van der Waals surface area contributed by atoms with E-state index in [2.05, 4.69) is 15.3 Å². The van der Waals surface area contributed by atoms with Crippen LogP contribution in [0.3, 0.4) is 0 Å². The van der Waals surface area contributed by atoms with Crippen LogP contribution < -0.4 is 5.32 Å². The van der Waals surface area contributed by atoms with Crippen LogP contribution in [0.25, 0.3) is 0 Å². The van der Waals surface area contributed by atoms with E-state index in [9.17, 15) is 9.18 Å². The van der Waals surface area contributed by atoms with Crippen LogP contribution in [0.15, 0.2) is 36.5 Å². The van der Waals surface area contributed by atoms with Crippen LogP contribution in [-0.4, -0.2) is 15.9 Å². The molecule has 1 N–H and O–H groups in total. The van der Waals surface area contributed by atoms with Crippen LogP contribution in [0.1, 0.15) is 10.4 Å².